The fraction of sp³-hybridized carbons (Fsp3) is 0.400. The van der Waals surface area contributed by atoms with Crippen LogP contribution >= 0.6 is 12.4 Å². The van der Waals surface area contributed by atoms with Crippen molar-refractivity contribution in [3.05, 3.63) is 23.8 Å². The molecule has 0 aliphatic carbocycles. The van der Waals surface area contributed by atoms with Crippen molar-refractivity contribution in [2.24, 2.45) is 5.73 Å². The molecule has 3 nitrogen and oxygen atoms in total. The summed E-state index contributed by atoms with van der Waals surface area (Å²) in [6.45, 7) is 0. The molecule has 0 bridgehead atoms. The molecule has 1 aromatic carbocycles. The number of phenolic OH excluding ortho intramolecular Hbond substituents is 2. The Morgan fingerprint density at radius 1 is 1.18 bits per heavy atom. The van der Waals surface area contributed by atoms with Gasteiger partial charge < -0.3 is 15.9 Å². The fourth-order valence-electron chi connectivity index (χ4n) is 1.26. The van der Waals surface area contributed by atoms with E-state index in [2.05, 4.69) is 0 Å². The molecule has 1 aromatic rings. The highest BCUT2D eigenvalue weighted by atomic mass is 35.5. The molecule has 0 saturated carbocycles. The van der Waals surface area contributed by atoms with Gasteiger partial charge in [-0.05, 0) is 24.1 Å². The zero-order valence-electron chi connectivity index (χ0n) is 8.74. The van der Waals surface area contributed by atoms with Gasteiger partial charge in [-0.3, -0.25) is 0 Å². The van der Waals surface area contributed by atoms with Gasteiger partial charge in [-0.1, -0.05) is 6.07 Å². The van der Waals surface area contributed by atoms with E-state index in [0.29, 0.717) is 5.56 Å². The summed E-state index contributed by atoms with van der Waals surface area (Å²) in [6.07, 6.45) is -5.47. The number of benzene rings is 1. The summed E-state index contributed by atoms with van der Waals surface area (Å²) < 4.78 is 35.8. The smallest absolute Gasteiger partial charge is 0.389 e. The van der Waals surface area contributed by atoms with Crippen molar-refractivity contribution >= 4 is 12.4 Å². The minimum absolute atomic E-state index is 0. The van der Waals surface area contributed by atoms with E-state index < -0.39 is 18.6 Å². The third-order valence-electron chi connectivity index (χ3n) is 2.17. The minimum atomic E-state index is -4.24. The van der Waals surface area contributed by atoms with Crippen LogP contribution in [0.2, 0.25) is 0 Å². The molecule has 0 spiro atoms. The number of rotatable bonds is 3. The zero-order valence-corrected chi connectivity index (χ0v) is 9.55. The summed E-state index contributed by atoms with van der Waals surface area (Å²) in [5.74, 6) is -0.716. The summed E-state index contributed by atoms with van der Waals surface area (Å²) >= 11 is 0. The predicted molar refractivity (Wildman–Crippen MR) is 59.2 cm³/mol. The van der Waals surface area contributed by atoms with Crippen LogP contribution in [0, 0.1) is 0 Å². The highest BCUT2D eigenvalue weighted by Crippen LogP contribution is 2.30. The minimum Gasteiger partial charge on any atom is -0.504 e. The molecule has 1 atom stereocenters. The Morgan fingerprint density at radius 2 is 1.76 bits per heavy atom. The first-order valence-electron chi connectivity index (χ1n) is 4.64. The van der Waals surface area contributed by atoms with Crippen molar-refractivity contribution in [1.82, 2.24) is 0 Å². The molecule has 0 fully saturated rings. The second-order valence-corrected chi connectivity index (χ2v) is 3.51. The molecule has 0 radical (unpaired) electrons. The number of hydrogen-bond acceptors (Lipinski definition) is 3. The van der Waals surface area contributed by atoms with E-state index in [0.717, 1.165) is 6.07 Å². The maximum absolute atomic E-state index is 11.9. The zero-order chi connectivity index (χ0) is 12.3. The molecule has 0 aliphatic heterocycles. The summed E-state index contributed by atoms with van der Waals surface area (Å²) in [6, 6.07) is 2.93. The van der Waals surface area contributed by atoms with Crippen LogP contribution in [0.5, 0.6) is 11.5 Å². The first-order chi connectivity index (χ1) is 7.29. The third-order valence-corrected chi connectivity index (χ3v) is 2.17. The summed E-state index contributed by atoms with van der Waals surface area (Å²) in [4.78, 5) is 0. The molecule has 1 rings (SSSR count). The summed E-state index contributed by atoms with van der Waals surface area (Å²) in [7, 11) is 0. The van der Waals surface area contributed by atoms with Gasteiger partial charge in [-0.2, -0.15) is 13.2 Å². The van der Waals surface area contributed by atoms with Crippen LogP contribution < -0.4 is 5.73 Å². The Kier molecular flexibility index (Phi) is 5.57. The van der Waals surface area contributed by atoms with E-state index in [1.54, 1.807) is 0 Å². The Bertz CT molecular complexity index is 371. The van der Waals surface area contributed by atoms with Gasteiger partial charge in [-0.15, -0.1) is 12.4 Å². The summed E-state index contributed by atoms with van der Waals surface area (Å²) in [5, 5.41) is 18.2. The Hall–Kier alpha value is -1.14. The fourth-order valence-corrected chi connectivity index (χ4v) is 1.26. The Morgan fingerprint density at radius 3 is 2.24 bits per heavy atom. The topological polar surface area (TPSA) is 66.5 Å². The standard InChI is InChI=1S/C10H12F3NO2.ClH/c11-10(12,13)4-3-7(14)6-1-2-8(15)9(16)5-6;/h1-2,5,7,15-16H,3-4,14H2;1H/t7-;/m1./s1. The highest BCUT2D eigenvalue weighted by molar-refractivity contribution is 5.85. The van der Waals surface area contributed by atoms with Gasteiger partial charge in [0.1, 0.15) is 0 Å². The van der Waals surface area contributed by atoms with Gasteiger partial charge in [0.15, 0.2) is 11.5 Å². The molecule has 4 N–H and O–H groups in total. The van der Waals surface area contributed by atoms with Gasteiger partial charge >= 0.3 is 6.18 Å². The molecule has 0 aliphatic rings. The van der Waals surface area contributed by atoms with Crippen LogP contribution in [0.3, 0.4) is 0 Å². The molecule has 7 heteroatoms. The Labute approximate surface area is 102 Å². The lowest BCUT2D eigenvalue weighted by Crippen LogP contribution is -2.15. The summed E-state index contributed by atoms with van der Waals surface area (Å²) in [5.41, 5.74) is 5.89. The molecular weight excluding hydrogens is 259 g/mol. The van der Waals surface area contributed by atoms with Crippen LogP contribution in [0.1, 0.15) is 24.4 Å². The molecule has 0 amide bonds. The predicted octanol–water partition coefficient (Wildman–Crippen LogP) is 2.86. The molecule has 17 heavy (non-hydrogen) atoms. The van der Waals surface area contributed by atoms with E-state index >= 15 is 0 Å². The van der Waals surface area contributed by atoms with Crippen molar-refractivity contribution in [2.45, 2.75) is 25.1 Å². The van der Waals surface area contributed by atoms with E-state index in [4.69, 9.17) is 15.9 Å². The molecule has 0 saturated heterocycles. The number of phenols is 2. The lowest BCUT2D eigenvalue weighted by atomic mass is 10.0. The lowest BCUT2D eigenvalue weighted by Gasteiger charge is -2.14. The van der Waals surface area contributed by atoms with Crippen molar-refractivity contribution in [3.63, 3.8) is 0 Å². The first-order valence-corrected chi connectivity index (χ1v) is 4.64. The van der Waals surface area contributed by atoms with Gasteiger partial charge in [0.2, 0.25) is 0 Å². The maximum Gasteiger partial charge on any atom is 0.389 e. The van der Waals surface area contributed by atoms with E-state index in [-0.39, 0.29) is 30.3 Å². The quantitative estimate of drug-likeness (QED) is 0.741. The number of alkyl halides is 3. The van der Waals surface area contributed by atoms with Crippen LogP contribution in [-0.2, 0) is 0 Å². The van der Waals surface area contributed by atoms with E-state index in [9.17, 15) is 13.2 Å². The van der Waals surface area contributed by atoms with Gasteiger partial charge in [0.05, 0.1) is 0 Å². The molecule has 0 heterocycles. The number of halogens is 4. The molecule has 0 unspecified atom stereocenters. The van der Waals surface area contributed by atoms with E-state index in [1.165, 1.54) is 12.1 Å². The number of hydrogen-bond donors (Lipinski definition) is 3. The number of aromatic hydroxyl groups is 2. The first kappa shape index (κ1) is 15.9. The average Bonchev–Trinajstić information content (AvgIpc) is 2.17. The number of nitrogens with two attached hydrogens (primary N) is 1. The van der Waals surface area contributed by atoms with Gasteiger partial charge in [0.25, 0.3) is 0 Å². The highest BCUT2D eigenvalue weighted by Gasteiger charge is 2.27. The second kappa shape index (κ2) is 5.97. The Balaban J connectivity index is 0.00000256. The third kappa shape index (κ3) is 5.14. The second-order valence-electron chi connectivity index (χ2n) is 3.51. The lowest BCUT2D eigenvalue weighted by molar-refractivity contribution is -0.136. The molecule has 98 valence electrons. The van der Waals surface area contributed by atoms with E-state index in [1.807, 2.05) is 0 Å². The van der Waals surface area contributed by atoms with Crippen molar-refractivity contribution in [2.75, 3.05) is 0 Å². The SMILES string of the molecule is Cl.N[C@H](CCC(F)(F)F)c1ccc(O)c(O)c1. The van der Waals surface area contributed by atoms with Crippen LogP contribution in [0.25, 0.3) is 0 Å². The average molecular weight is 272 g/mol. The van der Waals surface area contributed by atoms with Crippen LogP contribution in [0.15, 0.2) is 18.2 Å². The van der Waals surface area contributed by atoms with Gasteiger partial charge in [0, 0.05) is 12.5 Å². The van der Waals surface area contributed by atoms with Crippen LogP contribution in [0.4, 0.5) is 13.2 Å². The molecule has 0 aromatic heterocycles. The largest absolute Gasteiger partial charge is 0.504 e. The normalized spacial score (nSPS) is 12.9. The monoisotopic (exact) mass is 271 g/mol. The van der Waals surface area contributed by atoms with Crippen molar-refractivity contribution < 1.29 is 23.4 Å². The van der Waals surface area contributed by atoms with Crippen molar-refractivity contribution in [1.29, 1.82) is 0 Å². The molecular formula is C10H13ClF3NO2. The van der Waals surface area contributed by atoms with Gasteiger partial charge in [-0.25, -0.2) is 0 Å². The maximum atomic E-state index is 11.9. The van der Waals surface area contributed by atoms with Crippen LogP contribution in [-0.4, -0.2) is 16.4 Å². The van der Waals surface area contributed by atoms with Crippen molar-refractivity contribution in [3.8, 4) is 11.5 Å².